The molecule has 2 aromatic heterocycles. The summed E-state index contributed by atoms with van der Waals surface area (Å²) in [5.41, 5.74) is 10.2. The van der Waals surface area contributed by atoms with Gasteiger partial charge in [-0.3, -0.25) is 0 Å². The molecule has 0 radical (unpaired) electrons. The lowest BCUT2D eigenvalue weighted by atomic mass is 9.98. The molecule has 2 heterocycles. The number of allylic oxidation sites excluding steroid dienone is 6. The summed E-state index contributed by atoms with van der Waals surface area (Å²) < 4.78 is 9.31. The number of hydrogen-bond donors (Lipinski definition) is 0. The van der Waals surface area contributed by atoms with Gasteiger partial charge in [0.15, 0.2) is 0 Å². The highest BCUT2D eigenvalue weighted by atomic mass is 32.1. The van der Waals surface area contributed by atoms with Gasteiger partial charge >= 0.3 is 0 Å². The number of aromatic nitrogens is 3. The molecule has 0 aliphatic carbocycles. The van der Waals surface area contributed by atoms with E-state index in [-0.39, 0.29) is 0 Å². The fourth-order valence-corrected chi connectivity index (χ4v) is 4.00. The second-order valence-electron chi connectivity index (χ2n) is 7.78. The molecule has 0 saturated carbocycles. The van der Waals surface area contributed by atoms with Crippen LogP contribution >= 0.6 is 11.7 Å². The zero-order chi connectivity index (χ0) is 22.5. The van der Waals surface area contributed by atoms with E-state index < -0.39 is 0 Å². The lowest BCUT2D eigenvalue weighted by Gasteiger charge is -2.11. The van der Waals surface area contributed by atoms with Crippen LogP contribution in [-0.4, -0.2) is 13.7 Å². The van der Waals surface area contributed by atoms with E-state index in [0.717, 1.165) is 44.7 Å². The molecule has 0 atom stereocenters. The van der Waals surface area contributed by atoms with E-state index in [1.54, 1.807) is 6.08 Å². The molecule has 0 fully saturated rings. The maximum Gasteiger partial charge on any atom is 0.131 e. The number of hydrogen-bond acceptors (Lipinski definition) is 4. The first-order chi connectivity index (χ1) is 15.6. The highest BCUT2D eigenvalue weighted by Crippen LogP contribution is 2.36. The van der Waals surface area contributed by atoms with Crippen molar-refractivity contribution in [3.8, 4) is 22.4 Å². The van der Waals surface area contributed by atoms with E-state index in [2.05, 4.69) is 96.8 Å². The monoisotopic (exact) mass is 435 g/mol. The van der Waals surface area contributed by atoms with E-state index in [0.29, 0.717) is 0 Å². The minimum atomic E-state index is 0.841. The van der Waals surface area contributed by atoms with Gasteiger partial charge in [0.2, 0.25) is 0 Å². The van der Waals surface area contributed by atoms with Gasteiger partial charge in [0.1, 0.15) is 11.0 Å². The molecule has 4 rings (SSSR count). The molecular weight excluding hydrogens is 410 g/mol. The number of pyridine rings is 1. The highest BCUT2D eigenvalue weighted by Gasteiger charge is 2.18. The predicted molar refractivity (Wildman–Crippen MR) is 138 cm³/mol. The molecule has 0 unspecified atom stereocenters. The minimum Gasteiger partial charge on any atom is -0.245 e. The van der Waals surface area contributed by atoms with E-state index in [9.17, 15) is 0 Å². The van der Waals surface area contributed by atoms with Crippen molar-refractivity contribution < 1.29 is 0 Å². The summed E-state index contributed by atoms with van der Waals surface area (Å²) in [4.78, 5) is 5.10. The first-order valence-electron chi connectivity index (χ1n) is 10.5. The Morgan fingerprint density at radius 2 is 1.47 bits per heavy atom. The Bertz CT molecular complexity index is 1340. The summed E-state index contributed by atoms with van der Waals surface area (Å²) in [5, 5.41) is 0. The average Bonchev–Trinajstić information content (AvgIpc) is 3.28. The van der Waals surface area contributed by atoms with Crippen LogP contribution in [-0.2, 0) is 0 Å². The van der Waals surface area contributed by atoms with Crippen molar-refractivity contribution in [3.05, 3.63) is 108 Å². The van der Waals surface area contributed by atoms with Crippen molar-refractivity contribution in [2.45, 2.75) is 20.8 Å². The molecule has 0 bridgehead atoms. The summed E-state index contributed by atoms with van der Waals surface area (Å²) in [7, 11) is 0. The van der Waals surface area contributed by atoms with Crippen molar-refractivity contribution in [2.24, 2.45) is 0 Å². The summed E-state index contributed by atoms with van der Waals surface area (Å²) in [6.45, 7) is 9.96. The Kier molecular flexibility index (Phi) is 6.52. The number of benzene rings is 2. The smallest absolute Gasteiger partial charge is 0.131 e. The Hall–Kier alpha value is -3.63. The number of nitrogens with zero attached hydrogens (tertiary/aromatic N) is 3. The Labute approximate surface area is 193 Å². The summed E-state index contributed by atoms with van der Waals surface area (Å²) >= 11 is 1.23. The fourth-order valence-electron chi connectivity index (χ4n) is 3.45. The van der Waals surface area contributed by atoms with Crippen molar-refractivity contribution >= 4 is 28.8 Å². The maximum atomic E-state index is 5.10. The zero-order valence-electron chi connectivity index (χ0n) is 18.5. The average molecular weight is 436 g/mol. The standard InChI is InChI=1S/C28H25N3S/c1-5-6-7-8-19(2)13-18-24-25(22-14-9-20(3)10-15-22)27-28(31-32-30-27)26(29-24)23-16-11-21(4)12-17-23/h5-18H,1H2,2-4H3/b7-6-,18-13+,19-8+. The molecule has 4 heteroatoms. The molecule has 4 aromatic rings. The highest BCUT2D eigenvalue weighted by molar-refractivity contribution is 7.00. The first-order valence-corrected chi connectivity index (χ1v) is 11.2. The van der Waals surface area contributed by atoms with Gasteiger partial charge in [0, 0.05) is 11.1 Å². The van der Waals surface area contributed by atoms with Crippen LogP contribution < -0.4 is 0 Å². The van der Waals surface area contributed by atoms with E-state index in [1.165, 1.54) is 22.9 Å². The third-order valence-corrected chi connectivity index (χ3v) is 5.74. The molecule has 0 aliphatic heterocycles. The third kappa shape index (κ3) is 4.66. The summed E-state index contributed by atoms with van der Waals surface area (Å²) in [6, 6.07) is 16.9. The van der Waals surface area contributed by atoms with Gasteiger partial charge in [-0.1, -0.05) is 102 Å². The predicted octanol–water partition coefficient (Wildman–Crippen LogP) is 7.74. The van der Waals surface area contributed by atoms with Crippen molar-refractivity contribution in [1.82, 2.24) is 13.7 Å². The Balaban J connectivity index is 1.94. The lowest BCUT2D eigenvalue weighted by Crippen LogP contribution is -1.96. The topological polar surface area (TPSA) is 38.7 Å². The van der Waals surface area contributed by atoms with E-state index in [4.69, 9.17) is 4.98 Å². The second kappa shape index (κ2) is 9.67. The number of aryl methyl sites for hydroxylation is 2. The molecular formula is C28H25N3S. The summed E-state index contributed by atoms with van der Waals surface area (Å²) in [6.07, 6.45) is 11.9. The maximum absolute atomic E-state index is 5.10. The molecule has 0 amide bonds. The van der Waals surface area contributed by atoms with Gasteiger partial charge in [0.25, 0.3) is 0 Å². The largest absolute Gasteiger partial charge is 0.245 e. The molecule has 32 heavy (non-hydrogen) atoms. The van der Waals surface area contributed by atoms with Crippen LogP contribution in [0, 0.1) is 13.8 Å². The van der Waals surface area contributed by atoms with Crippen molar-refractivity contribution in [1.29, 1.82) is 0 Å². The quantitative estimate of drug-likeness (QED) is 0.291. The van der Waals surface area contributed by atoms with Crippen molar-refractivity contribution in [2.75, 3.05) is 0 Å². The van der Waals surface area contributed by atoms with Crippen LogP contribution in [0.4, 0.5) is 0 Å². The normalized spacial score (nSPS) is 12.3. The SMILES string of the molecule is C=C\C=C/C=C(C)/C=C/c1nc(-c2ccc(C)cc2)c2nsnc2c1-c1ccc(C)cc1. The molecule has 158 valence electrons. The van der Waals surface area contributed by atoms with Gasteiger partial charge in [-0.2, -0.15) is 8.75 Å². The van der Waals surface area contributed by atoms with Gasteiger partial charge in [-0.25, -0.2) is 4.98 Å². The Morgan fingerprint density at radius 1 is 0.844 bits per heavy atom. The molecule has 0 N–H and O–H groups in total. The first kappa shape index (κ1) is 21.6. The zero-order valence-corrected chi connectivity index (χ0v) is 19.4. The molecule has 3 nitrogen and oxygen atoms in total. The van der Waals surface area contributed by atoms with Gasteiger partial charge in [0.05, 0.1) is 23.1 Å². The molecule has 0 saturated heterocycles. The van der Waals surface area contributed by atoms with Gasteiger partial charge in [-0.15, -0.1) is 0 Å². The number of rotatable bonds is 6. The minimum absolute atomic E-state index is 0.841. The second-order valence-corrected chi connectivity index (χ2v) is 8.31. The molecule has 2 aromatic carbocycles. The molecule has 0 spiro atoms. The number of fused-ring (bicyclic) bond motifs is 1. The Morgan fingerprint density at radius 3 is 2.12 bits per heavy atom. The van der Waals surface area contributed by atoms with E-state index >= 15 is 0 Å². The molecule has 0 aliphatic rings. The van der Waals surface area contributed by atoms with Gasteiger partial charge < -0.3 is 0 Å². The van der Waals surface area contributed by atoms with Crippen LogP contribution in [0.1, 0.15) is 23.7 Å². The summed E-state index contributed by atoms with van der Waals surface area (Å²) in [5.74, 6) is 0. The fraction of sp³-hybridized carbons (Fsp3) is 0.107. The van der Waals surface area contributed by atoms with Crippen LogP contribution in [0.5, 0.6) is 0 Å². The van der Waals surface area contributed by atoms with Crippen molar-refractivity contribution in [3.63, 3.8) is 0 Å². The van der Waals surface area contributed by atoms with Crippen LogP contribution in [0.15, 0.2) is 91.1 Å². The third-order valence-electron chi connectivity index (χ3n) is 5.21. The van der Waals surface area contributed by atoms with E-state index in [1.807, 2.05) is 18.2 Å². The van der Waals surface area contributed by atoms with Gasteiger partial charge in [-0.05, 0) is 32.4 Å². The lowest BCUT2D eigenvalue weighted by molar-refractivity contribution is 1.30. The van der Waals surface area contributed by atoms with Crippen LogP contribution in [0.2, 0.25) is 0 Å². The van der Waals surface area contributed by atoms with Crippen LogP contribution in [0.3, 0.4) is 0 Å². The van der Waals surface area contributed by atoms with Crippen LogP contribution in [0.25, 0.3) is 39.5 Å².